The predicted octanol–water partition coefficient (Wildman–Crippen LogP) is 3.94. The van der Waals surface area contributed by atoms with Crippen LogP contribution in [0.1, 0.15) is 44.2 Å². The van der Waals surface area contributed by atoms with Crippen LogP contribution in [0.3, 0.4) is 0 Å². The van der Waals surface area contributed by atoms with Crippen molar-refractivity contribution in [2.45, 2.75) is 32.0 Å². The maximum atomic E-state index is 13.4. The van der Waals surface area contributed by atoms with Gasteiger partial charge in [-0.25, -0.2) is 0 Å². The minimum absolute atomic E-state index is 0.265. The molecule has 2 N–H and O–H groups in total. The molecule has 1 aliphatic heterocycles. The number of carbonyl (C=O) groups is 2. The highest BCUT2D eigenvalue weighted by Gasteiger charge is 2.42. The lowest BCUT2D eigenvalue weighted by atomic mass is 9.81. The third-order valence-electron chi connectivity index (χ3n) is 5.58. The topological polar surface area (TPSA) is 76.0 Å². The van der Waals surface area contributed by atoms with Gasteiger partial charge >= 0.3 is 6.18 Å². The molecule has 0 saturated carbocycles. The molecule has 0 bridgehead atoms. The number of rotatable bonds is 3. The van der Waals surface area contributed by atoms with Crippen LogP contribution in [0.5, 0.6) is 0 Å². The molecule has 2 atom stereocenters. The Bertz CT molecular complexity index is 1220. The second-order valence-corrected chi connectivity index (χ2v) is 7.88. The molecule has 9 heteroatoms. The van der Waals surface area contributed by atoms with Gasteiger partial charge in [-0.05, 0) is 37.6 Å². The van der Waals surface area contributed by atoms with Crippen LogP contribution in [-0.2, 0) is 18.0 Å². The van der Waals surface area contributed by atoms with Crippen LogP contribution in [0, 0.1) is 13.8 Å². The smallest absolute Gasteiger partial charge is 0.339 e. The summed E-state index contributed by atoms with van der Waals surface area (Å²) in [5.41, 5.74) is 1.79. The lowest BCUT2D eigenvalue weighted by Gasteiger charge is -2.33. The molecule has 6 nitrogen and oxygen atoms in total. The Morgan fingerprint density at radius 3 is 2.53 bits per heavy atom. The number of halogens is 3. The van der Waals surface area contributed by atoms with Gasteiger partial charge in [0.2, 0.25) is 5.91 Å². The molecule has 2 aromatic carbocycles. The summed E-state index contributed by atoms with van der Waals surface area (Å²) in [5, 5.41) is 9.79. The number of alkyl halides is 3. The van der Waals surface area contributed by atoms with E-state index in [0.717, 1.165) is 17.7 Å². The van der Waals surface area contributed by atoms with Crippen molar-refractivity contribution in [3.8, 4) is 0 Å². The van der Waals surface area contributed by atoms with E-state index in [9.17, 15) is 22.8 Å². The fourth-order valence-electron chi connectivity index (χ4n) is 4.13. The normalized spacial score (nSPS) is 18.1. The van der Waals surface area contributed by atoms with Gasteiger partial charge in [0, 0.05) is 24.1 Å². The molecule has 32 heavy (non-hydrogen) atoms. The van der Waals surface area contributed by atoms with Gasteiger partial charge in [-0.3, -0.25) is 14.3 Å². The lowest BCUT2D eigenvalue weighted by molar-refractivity contribution is -0.137. The Balaban J connectivity index is 1.82. The SMILES string of the molecule is Cc1cccc(C(=O)N[C@@H]2C(=O)Nc3c(c(C)nn3C)[C@H]2c2cccc(C(F)(F)F)c2)c1. The van der Waals surface area contributed by atoms with E-state index in [0.29, 0.717) is 22.6 Å². The molecule has 166 valence electrons. The summed E-state index contributed by atoms with van der Waals surface area (Å²) in [6.07, 6.45) is -4.54. The van der Waals surface area contributed by atoms with E-state index in [4.69, 9.17) is 0 Å². The number of carbonyl (C=O) groups excluding carboxylic acids is 2. The summed E-state index contributed by atoms with van der Waals surface area (Å²) in [5.74, 6) is -1.46. The van der Waals surface area contributed by atoms with Crippen molar-refractivity contribution in [2.24, 2.45) is 7.05 Å². The Hall–Kier alpha value is -3.62. The number of nitrogens with zero attached hydrogens (tertiary/aromatic N) is 2. The van der Waals surface area contributed by atoms with Crippen molar-refractivity contribution >= 4 is 17.6 Å². The van der Waals surface area contributed by atoms with E-state index in [1.165, 1.54) is 16.8 Å². The summed E-state index contributed by atoms with van der Waals surface area (Å²) in [6, 6.07) is 10.5. The zero-order valence-corrected chi connectivity index (χ0v) is 17.6. The van der Waals surface area contributed by atoms with E-state index in [1.807, 2.05) is 13.0 Å². The summed E-state index contributed by atoms with van der Waals surface area (Å²) >= 11 is 0. The van der Waals surface area contributed by atoms with E-state index in [1.54, 1.807) is 32.2 Å². The molecular formula is C23H21F3N4O2. The fourth-order valence-corrected chi connectivity index (χ4v) is 4.13. The number of hydrogen-bond donors (Lipinski definition) is 2. The molecule has 0 unspecified atom stereocenters. The van der Waals surface area contributed by atoms with Crippen LogP contribution in [0.4, 0.5) is 19.0 Å². The average Bonchev–Trinajstić information content (AvgIpc) is 3.01. The highest BCUT2D eigenvalue weighted by Crippen LogP contribution is 2.41. The number of aryl methyl sites for hydroxylation is 3. The van der Waals surface area contributed by atoms with Crippen molar-refractivity contribution in [1.82, 2.24) is 15.1 Å². The monoisotopic (exact) mass is 442 g/mol. The summed E-state index contributed by atoms with van der Waals surface area (Å²) in [6.45, 7) is 3.55. The molecule has 1 aromatic heterocycles. The van der Waals surface area contributed by atoms with E-state index >= 15 is 0 Å². The van der Waals surface area contributed by atoms with Gasteiger partial charge in [0.05, 0.1) is 11.3 Å². The molecule has 0 fully saturated rings. The number of anilines is 1. The Labute approximate surface area is 182 Å². The number of amides is 2. The van der Waals surface area contributed by atoms with Crippen molar-refractivity contribution in [2.75, 3.05) is 5.32 Å². The number of aromatic nitrogens is 2. The quantitative estimate of drug-likeness (QED) is 0.645. The first-order chi connectivity index (χ1) is 15.1. The van der Waals surface area contributed by atoms with E-state index in [-0.39, 0.29) is 5.56 Å². The Morgan fingerprint density at radius 2 is 1.84 bits per heavy atom. The van der Waals surface area contributed by atoms with Gasteiger partial charge in [-0.15, -0.1) is 0 Å². The number of hydrogen-bond acceptors (Lipinski definition) is 3. The van der Waals surface area contributed by atoms with Gasteiger partial charge < -0.3 is 10.6 Å². The standard InChI is InChI=1S/C23H21F3N4O2/c1-12-6-4-8-15(10-12)21(31)27-19-18(14-7-5-9-16(11-14)23(24,25)26)17-13(2)29-30(3)20(17)28-22(19)32/h4-11,18-19H,1-3H3,(H,27,31)(H,28,32)/t18-,19+/m1/s1. The highest BCUT2D eigenvalue weighted by atomic mass is 19.4. The Morgan fingerprint density at radius 1 is 1.12 bits per heavy atom. The number of fused-ring (bicyclic) bond motifs is 1. The zero-order valence-electron chi connectivity index (χ0n) is 17.6. The molecule has 0 spiro atoms. The first kappa shape index (κ1) is 21.6. The molecule has 0 aliphatic carbocycles. The van der Waals surface area contributed by atoms with Crippen LogP contribution in [0.15, 0.2) is 48.5 Å². The minimum atomic E-state index is -4.54. The van der Waals surface area contributed by atoms with Gasteiger partial charge in [-0.2, -0.15) is 18.3 Å². The van der Waals surface area contributed by atoms with E-state index in [2.05, 4.69) is 15.7 Å². The summed E-state index contributed by atoms with van der Waals surface area (Å²) in [4.78, 5) is 26.0. The molecule has 0 saturated heterocycles. The molecular weight excluding hydrogens is 421 g/mol. The highest BCUT2D eigenvalue weighted by molar-refractivity contribution is 6.04. The second-order valence-electron chi connectivity index (χ2n) is 7.88. The average molecular weight is 442 g/mol. The minimum Gasteiger partial charge on any atom is -0.339 e. The van der Waals surface area contributed by atoms with Gasteiger partial charge in [-0.1, -0.05) is 35.9 Å². The van der Waals surface area contributed by atoms with Crippen molar-refractivity contribution in [3.63, 3.8) is 0 Å². The van der Waals surface area contributed by atoms with Crippen LogP contribution in [-0.4, -0.2) is 27.6 Å². The van der Waals surface area contributed by atoms with Crippen LogP contribution in [0.2, 0.25) is 0 Å². The van der Waals surface area contributed by atoms with Crippen LogP contribution < -0.4 is 10.6 Å². The fraction of sp³-hybridized carbons (Fsp3) is 0.261. The third kappa shape index (κ3) is 3.86. The lowest BCUT2D eigenvalue weighted by Crippen LogP contribution is -2.50. The van der Waals surface area contributed by atoms with Crippen LogP contribution >= 0.6 is 0 Å². The first-order valence-electron chi connectivity index (χ1n) is 9.95. The first-order valence-corrected chi connectivity index (χ1v) is 9.95. The molecule has 2 amide bonds. The van der Waals surface area contributed by atoms with Gasteiger partial charge in [0.25, 0.3) is 5.91 Å². The number of nitrogens with one attached hydrogen (secondary N) is 2. The summed E-state index contributed by atoms with van der Waals surface area (Å²) < 4.78 is 41.6. The zero-order chi connectivity index (χ0) is 23.2. The third-order valence-corrected chi connectivity index (χ3v) is 5.58. The van der Waals surface area contributed by atoms with Crippen molar-refractivity contribution in [1.29, 1.82) is 0 Å². The Kier molecular flexibility index (Phi) is 5.28. The number of benzene rings is 2. The van der Waals surface area contributed by atoms with Gasteiger partial charge in [0.15, 0.2) is 0 Å². The largest absolute Gasteiger partial charge is 0.416 e. The maximum Gasteiger partial charge on any atom is 0.416 e. The molecule has 0 radical (unpaired) electrons. The van der Waals surface area contributed by atoms with Gasteiger partial charge in [0.1, 0.15) is 11.9 Å². The van der Waals surface area contributed by atoms with Crippen molar-refractivity contribution < 1.29 is 22.8 Å². The van der Waals surface area contributed by atoms with E-state index < -0.39 is 35.5 Å². The summed E-state index contributed by atoms with van der Waals surface area (Å²) in [7, 11) is 1.64. The molecule has 3 aromatic rings. The molecule has 2 heterocycles. The second kappa shape index (κ2) is 7.81. The van der Waals surface area contributed by atoms with Crippen molar-refractivity contribution in [3.05, 3.63) is 82.0 Å². The van der Waals surface area contributed by atoms with Crippen LogP contribution in [0.25, 0.3) is 0 Å². The molecule has 4 rings (SSSR count). The molecule has 1 aliphatic rings. The maximum absolute atomic E-state index is 13.4. The predicted molar refractivity (Wildman–Crippen MR) is 112 cm³/mol.